The molecule has 1 aliphatic heterocycles. The fourth-order valence-electron chi connectivity index (χ4n) is 2.86. The summed E-state index contributed by atoms with van der Waals surface area (Å²) in [6.45, 7) is 4.38. The van der Waals surface area contributed by atoms with E-state index in [4.69, 9.17) is 14.1 Å². The first kappa shape index (κ1) is 17.0. The average molecular weight is 363 g/mol. The molecule has 27 heavy (non-hydrogen) atoms. The Labute approximate surface area is 156 Å². The number of nitrogens with one attached hydrogen (secondary N) is 1. The van der Waals surface area contributed by atoms with Gasteiger partial charge in [-0.15, -0.1) is 0 Å². The molecule has 0 unspecified atom stereocenters. The van der Waals surface area contributed by atoms with E-state index in [2.05, 4.69) is 10.5 Å². The van der Waals surface area contributed by atoms with E-state index in [1.807, 2.05) is 44.2 Å². The zero-order chi connectivity index (χ0) is 18.8. The van der Waals surface area contributed by atoms with Gasteiger partial charge in [0, 0.05) is 11.1 Å². The number of amidine groups is 1. The van der Waals surface area contributed by atoms with Crippen LogP contribution >= 0.6 is 0 Å². The normalized spacial score (nSPS) is 13.1. The van der Waals surface area contributed by atoms with E-state index >= 15 is 0 Å². The van der Waals surface area contributed by atoms with E-state index in [9.17, 15) is 4.39 Å². The highest BCUT2D eigenvalue weighted by Gasteiger charge is 2.20. The molecule has 2 heterocycles. The van der Waals surface area contributed by atoms with Crippen molar-refractivity contribution in [2.45, 2.75) is 13.8 Å². The molecule has 0 amide bonds. The molecular weight excluding hydrogens is 345 g/mol. The van der Waals surface area contributed by atoms with E-state index in [0.717, 1.165) is 28.3 Å². The fourth-order valence-corrected chi connectivity index (χ4v) is 2.86. The monoisotopic (exact) mass is 363 g/mol. The fraction of sp³-hybridized carbons (Fsp3) is 0.143. The van der Waals surface area contributed by atoms with Gasteiger partial charge in [0.2, 0.25) is 0 Å². The molecule has 3 aromatic rings. The van der Waals surface area contributed by atoms with E-state index in [1.54, 1.807) is 12.1 Å². The van der Waals surface area contributed by atoms with Crippen molar-refractivity contribution in [1.29, 1.82) is 0 Å². The van der Waals surface area contributed by atoms with Crippen LogP contribution in [0.3, 0.4) is 0 Å². The molecule has 0 aliphatic carbocycles. The van der Waals surface area contributed by atoms with Gasteiger partial charge in [0.15, 0.2) is 11.6 Å². The number of benzene rings is 2. The van der Waals surface area contributed by atoms with E-state index in [0.29, 0.717) is 23.9 Å². The first-order chi connectivity index (χ1) is 13.1. The highest BCUT2D eigenvalue weighted by atomic mass is 19.1. The first-order valence-corrected chi connectivity index (χ1v) is 8.66. The van der Waals surface area contributed by atoms with Crippen LogP contribution in [0.4, 0.5) is 10.1 Å². The molecule has 1 aromatic heterocycles. The Hall–Kier alpha value is -3.41. The summed E-state index contributed by atoms with van der Waals surface area (Å²) in [4.78, 5) is 4.69. The van der Waals surface area contributed by atoms with Crippen LogP contribution in [0.15, 0.2) is 69.1 Å². The van der Waals surface area contributed by atoms with Crippen LogP contribution in [-0.2, 0) is 0 Å². The number of hydrogen-bond acceptors (Lipinski definition) is 5. The predicted molar refractivity (Wildman–Crippen MR) is 102 cm³/mol. The summed E-state index contributed by atoms with van der Waals surface area (Å²) in [6.07, 6.45) is 0. The van der Waals surface area contributed by atoms with Crippen molar-refractivity contribution >= 4 is 17.2 Å². The molecule has 136 valence electrons. The van der Waals surface area contributed by atoms with Crippen LogP contribution < -0.4 is 10.2 Å². The number of aliphatic imine (C=N–C) groups is 1. The lowest BCUT2D eigenvalue weighted by Gasteiger charge is -2.08. The molecule has 6 heteroatoms. The van der Waals surface area contributed by atoms with Crippen LogP contribution in [0.2, 0.25) is 0 Å². The molecule has 0 fully saturated rings. The minimum Gasteiger partial charge on any atom is -0.494 e. The van der Waals surface area contributed by atoms with E-state index in [-0.39, 0.29) is 5.82 Å². The SMILES string of the molecule is CCOc1ccc2c(c1)C(c1ccc(C)o1)=NNC(c1ccc(F)cc1)=N2. The molecule has 1 aliphatic rings. The van der Waals surface area contributed by atoms with Gasteiger partial charge in [-0.2, -0.15) is 5.10 Å². The maximum Gasteiger partial charge on any atom is 0.155 e. The Morgan fingerprint density at radius 1 is 1.07 bits per heavy atom. The Kier molecular flexibility index (Phi) is 4.46. The van der Waals surface area contributed by atoms with Gasteiger partial charge in [-0.05, 0) is 68.4 Å². The Balaban J connectivity index is 1.85. The smallest absolute Gasteiger partial charge is 0.155 e. The molecule has 0 spiro atoms. The standard InChI is InChI=1S/C21H18FN3O2/c1-3-26-16-9-10-18-17(12-16)20(19-11-4-13(2)27-19)24-25-21(23-18)14-5-7-15(22)8-6-14/h4-12H,3H2,1-2H3,(H,23,25). The molecule has 4 rings (SSSR count). The summed E-state index contributed by atoms with van der Waals surface area (Å²) in [5.41, 5.74) is 5.86. The molecule has 0 radical (unpaired) electrons. The highest BCUT2D eigenvalue weighted by molar-refractivity contribution is 6.16. The topological polar surface area (TPSA) is 59.1 Å². The zero-order valence-electron chi connectivity index (χ0n) is 15.0. The molecule has 1 N–H and O–H groups in total. The number of hydrogen-bond donors (Lipinski definition) is 1. The van der Waals surface area contributed by atoms with Crippen molar-refractivity contribution in [3.8, 4) is 5.75 Å². The average Bonchev–Trinajstić information content (AvgIpc) is 3.00. The number of fused-ring (bicyclic) bond motifs is 1. The van der Waals surface area contributed by atoms with E-state index in [1.165, 1.54) is 12.1 Å². The van der Waals surface area contributed by atoms with Crippen LogP contribution in [0, 0.1) is 12.7 Å². The van der Waals surface area contributed by atoms with Gasteiger partial charge in [-0.1, -0.05) is 0 Å². The maximum absolute atomic E-state index is 13.3. The van der Waals surface area contributed by atoms with E-state index < -0.39 is 0 Å². The Morgan fingerprint density at radius 3 is 2.59 bits per heavy atom. The summed E-state index contributed by atoms with van der Waals surface area (Å²) < 4.78 is 24.7. The third kappa shape index (κ3) is 3.46. The first-order valence-electron chi connectivity index (χ1n) is 8.66. The number of halogens is 1. The molecule has 2 aromatic carbocycles. The number of hydrazone groups is 1. The van der Waals surface area contributed by atoms with Gasteiger partial charge < -0.3 is 9.15 Å². The number of furan rings is 1. The van der Waals surface area contributed by atoms with Gasteiger partial charge in [0.25, 0.3) is 0 Å². The second kappa shape index (κ2) is 7.07. The largest absolute Gasteiger partial charge is 0.494 e. The highest BCUT2D eigenvalue weighted by Crippen LogP contribution is 2.30. The number of nitrogens with zero attached hydrogens (tertiary/aromatic N) is 2. The quantitative estimate of drug-likeness (QED) is 0.739. The molecule has 0 atom stereocenters. The Bertz CT molecular complexity index is 1040. The number of ether oxygens (including phenoxy) is 1. The van der Waals surface area contributed by atoms with Gasteiger partial charge in [-0.25, -0.2) is 9.38 Å². The molecule has 0 bridgehead atoms. The third-order valence-corrected chi connectivity index (χ3v) is 4.13. The number of aryl methyl sites for hydroxylation is 1. The van der Waals surface area contributed by atoms with Crippen LogP contribution in [-0.4, -0.2) is 18.2 Å². The van der Waals surface area contributed by atoms with Crippen LogP contribution in [0.5, 0.6) is 5.75 Å². The van der Waals surface area contributed by atoms with Crippen molar-refractivity contribution in [3.63, 3.8) is 0 Å². The second-order valence-electron chi connectivity index (χ2n) is 6.06. The van der Waals surface area contributed by atoms with Crippen molar-refractivity contribution in [1.82, 2.24) is 5.43 Å². The summed E-state index contributed by atoms with van der Waals surface area (Å²) in [5.74, 6) is 2.38. The van der Waals surface area contributed by atoms with Crippen LogP contribution in [0.25, 0.3) is 0 Å². The molecule has 5 nitrogen and oxygen atoms in total. The predicted octanol–water partition coefficient (Wildman–Crippen LogP) is 4.56. The summed E-state index contributed by atoms with van der Waals surface area (Å²) in [7, 11) is 0. The lowest BCUT2D eigenvalue weighted by Crippen LogP contribution is -2.19. The minimum atomic E-state index is -0.301. The Morgan fingerprint density at radius 2 is 1.89 bits per heavy atom. The molecule has 0 saturated heterocycles. The third-order valence-electron chi connectivity index (χ3n) is 4.13. The van der Waals surface area contributed by atoms with Gasteiger partial charge in [0.1, 0.15) is 23.0 Å². The van der Waals surface area contributed by atoms with Crippen molar-refractivity contribution in [2.24, 2.45) is 10.1 Å². The molecular formula is C21H18FN3O2. The van der Waals surface area contributed by atoms with Gasteiger partial charge >= 0.3 is 0 Å². The van der Waals surface area contributed by atoms with Crippen molar-refractivity contribution in [3.05, 3.63) is 83.1 Å². The van der Waals surface area contributed by atoms with Gasteiger partial charge in [0.05, 0.1) is 12.3 Å². The lowest BCUT2D eigenvalue weighted by molar-refractivity contribution is 0.340. The summed E-state index contributed by atoms with van der Waals surface area (Å²) in [5, 5.41) is 4.52. The van der Waals surface area contributed by atoms with Crippen molar-refractivity contribution < 1.29 is 13.5 Å². The maximum atomic E-state index is 13.3. The lowest BCUT2D eigenvalue weighted by atomic mass is 10.1. The van der Waals surface area contributed by atoms with Crippen LogP contribution in [0.1, 0.15) is 29.6 Å². The molecule has 0 saturated carbocycles. The summed E-state index contributed by atoms with van der Waals surface area (Å²) in [6, 6.07) is 15.5. The van der Waals surface area contributed by atoms with Crippen molar-refractivity contribution in [2.75, 3.05) is 6.61 Å². The van der Waals surface area contributed by atoms with Gasteiger partial charge in [-0.3, -0.25) is 5.43 Å². The second-order valence-corrected chi connectivity index (χ2v) is 6.06. The summed E-state index contributed by atoms with van der Waals surface area (Å²) >= 11 is 0. The zero-order valence-corrected chi connectivity index (χ0v) is 15.0. The number of rotatable bonds is 4. The minimum absolute atomic E-state index is 0.301.